The predicted octanol–water partition coefficient (Wildman–Crippen LogP) is 4.18. The van der Waals surface area contributed by atoms with Crippen LogP contribution in [0.1, 0.15) is 45.4 Å². The highest BCUT2D eigenvalue weighted by atomic mass is 19.1. The second kappa shape index (κ2) is 8.16. The lowest BCUT2D eigenvalue weighted by Crippen LogP contribution is -2.26. The van der Waals surface area contributed by atoms with Crippen molar-refractivity contribution in [2.75, 3.05) is 0 Å². The molecule has 140 valence electrons. The van der Waals surface area contributed by atoms with Crippen molar-refractivity contribution >= 4 is 5.91 Å². The zero-order valence-corrected chi connectivity index (χ0v) is 15.9. The van der Waals surface area contributed by atoms with E-state index >= 15 is 0 Å². The summed E-state index contributed by atoms with van der Waals surface area (Å²) in [6, 6.07) is 10.3. The van der Waals surface area contributed by atoms with Gasteiger partial charge in [0.1, 0.15) is 11.5 Å². The number of hydrogen-bond acceptors (Lipinski definition) is 2. The average Bonchev–Trinajstić information content (AvgIpc) is 2.90. The standard InChI is InChI=1S/C22H24FN3O/c1-4-20-15(2)21(22(27)25-13-17-8-10-24-11-9-17)26(16(20)3)14-18-6-5-7-19(23)12-18/h5-12H,4,13-14H2,1-3H3,(H,25,27). The second-order valence-corrected chi connectivity index (χ2v) is 6.65. The molecule has 0 atom stereocenters. The van der Waals surface area contributed by atoms with E-state index in [-0.39, 0.29) is 11.7 Å². The van der Waals surface area contributed by atoms with Crippen molar-refractivity contribution in [1.29, 1.82) is 0 Å². The molecule has 1 N–H and O–H groups in total. The summed E-state index contributed by atoms with van der Waals surface area (Å²) in [5.41, 5.74) is 5.67. The predicted molar refractivity (Wildman–Crippen MR) is 104 cm³/mol. The summed E-state index contributed by atoms with van der Waals surface area (Å²) < 4.78 is 15.6. The van der Waals surface area contributed by atoms with Crippen LogP contribution < -0.4 is 5.32 Å². The first-order chi connectivity index (χ1) is 13.0. The summed E-state index contributed by atoms with van der Waals surface area (Å²) in [6.07, 6.45) is 4.26. The highest BCUT2D eigenvalue weighted by Crippen LogP contribution is 2.24. The summed E-state index contributed by atoms with van der Waals surface area (Å²) in [5, 5.41) is 3.00. The maximum atomic E-state index is 13.6. The zero-order chi connectivity index (χ0) is 19.4. The first-order valence-electron chi connectivity index (χ1n) is 9.11. The molecular formula is C22H24FN3O. The fourth-order valence-electron chi connectivity index (χ4n) is 3.54. The molecule has 0 unspecified atom stereocenters. The van der Waals surface area contributed by atoms with Crippen molar-refractivity contribution in [2.24, 2.45) is 0 Å². The molecule has 0 aliphatic rings. The molecule has 0 fully saturated rings. The number of rotatable bonds is 6. The largest absolute Gasteiger partial charge is 0.347 e. The lowest BCUT2D eigenvalue weighted by atomic mass is 10.1. The first-order valence-corrected chi connectivity index (χ1v) is 9.11. The molecule has 27 heavy (non-hydrogen) atoms. The van der Waals surface area contributed by atoms with Crippen molar-refractivity contribution in [3.63, 3.8) is 0 Å². The van der Waals surface area contributed by atoms with Crippen LogP contribution in [0.4, 0.5) is 4.39 Å². The van der Waals surface area contributed by atoms with Crippen molar-refractivity contribution in [3.05, 3.63) is 88.3 Å². The third-order valence-electron chi connectivity index (χ3n) is 4.92. The number of pyridine rings is 1. The summed E-state index contributed by atoms with van der Waals surface area (Å²) in [7, 11) is 0. The quantitative estimate of drug-likeness (QED) is 0.712. The molecule has 4 nitrogen and oxygen atoms in total. The van der Waals surface area contributed by atoms with Crippen LogP contribution in [0.2, 0.25) is 0 Å². The summed E-state index contributed by atoms with van der Waals surface area (Å²) in [5.74, 6) is -0.392. The molecule has 2 heterocycles. The maximum Gasteiger partial charge on any atom is 0.268 e. The number of amides is 1. The topological polar surface area (TPSA) is 46.9 Å². The van der Waals surface area contributed by atoms with E-state index in [2.05, 4.69) is 17.2 Å². The Morgan fingerprint density at radius 2 is 1.89 bits per heavy atom. The average molecular weight is 365 g/mol. The molecule has 3 rings (SSSR count). The van der Waals surface area contributed by atoms with Crippen molar-refractivity contribution in [2.45, 2.75) is 40.3 Å². The molecule has 0 bridgehead atoms. The van der Waals surface area contributed by atoms with Crippen LogP contribution in [-0.2, 0) is 19.5 Å². The number of hydrogen-bond donors (Lipinski definition) is 1. The zero-order valence-electron chi connectivity index (χ0n) is 15.9. The molecule has 0 aliphatic carbocycles. The highest BCUT2D eigenvalue weighted by Gasteiger charge is 2.22. The summed E-state index contributed by atoms with van der Waals surface area (Å²) >= 11 is 0. The first kappa shape index (κ1) is 18.8. The minimum atomic E-state index is -0.270. The SMILES string of the molecule is CCc1c(C)c(C(=O)NCc2ccncc2)n(Cc2cccc(F)c2)c1C. The Kier molecular flexibility index (Phi) is 5.69. The van der Waals surface area contributed by atoms with E-state index in [9.17, 15) is 9.18 Å². The summed E-state index contributed by atoms with van der Waals surface area (Å²) in [4.78, 5) is 17.0. The molecule has 0 aliphatic heterocycles. The van der Waals surface area contributed by atoms with Gasteiger partial charge in [-0.3, -0.25) is 9.78 Å². The molecule has 1 amide bonds. The molecule has 1 aromatic carbocycles. The Morgan fingerprint density at radius 3 is 2.56 bits per heavy atom. The summed E-state index contributed by atoms with van der Waals surface area (Å²) in [6.45, 7) is 6.98. The van der Waals surface area contributed by atoms with Gasteiger partial charge in [0, 0.05) is 31.2 Å². The van der Waals surface area contributed by atoms with Crippen LogP contribution in [-0.4, -0.2) is 15.5 Å². The van der Waals surface area contributed by atoms with E-state index in [0.717, 1.165) is 28.8 Å². The van der Waals surface area contributed by atoms with E-state index < -0.39 is 0 Å². The number of carbonyl (C=O) groups excluding carboxylic acids is 1. The molecule has 2 aromatic heterocycles. The van der Waals surface area contributed by atoms with Gasteiger partial charge in [0.05, 0.1) is 0 Å². The van der Waals surface area contributed by atoms with Crippen LogP contribution in [0.3, 0.4) is 0 Å². The number of benzene rings is 1. The number of carbonyl (C=O) groups is 1. The van der Waals surface area contributed by atoms with Crippen LogP contribution in [0.25, 0.3) is 0 Å². The molecule has 0 saturated heterocycles. The van der Waals surface area contributed by atoms with Gasteiger partial charge < -0.3 is 9.88 Å². The van der Waals surface area contributed by atoms with Gasteiger partial charge in [-0.15, -0.1) is 0 Å². The van der Waals surface area contributed by atoms with E-state index in [1.165, 1.54) is 17.7 Å². The minimum Gasteiger partial charge on any atom is -0.347 e. The third kappa shape index (κ3) is 4.08. The Morgan fingerprint density at radius 1 is 1.15 bits per heavy atom. The van der Waals surface area contributed by atoms with Crippen molar-refractivity contribution in [3.8, 4) is 0 Å². The highest BCUT2D eigenvalue weighted by molar-refractivity contribution is 5.95. The van der Waals surface area contributed by atoms with Gasteiger partial charge in [-0.05, 0) is 66.8 Å². The molecule has 0 radical (unpaired) electrons. The fourth-order valence-corrected chi connectivity index (χ4v) is 3.54. The van der Waals surface area contributed by atoms with Gasteiger partial charge in [-0.25, -0.2) is 4.39 Å². The Bertz CT molecular complexity index is 948. The molecule has 0 saturated carbocycles. The molecule has 5 heteroatoms. The van der Waals surface area contributed by atoms with Crippen LogP contribution >= 0.6 is 0 Å². The van der Waals surface area contributed by atoms with E-state index in [4.69, 9.17) is 0 Å². The fraction of sp³-hybridized carbons (Fsp3) is 0.273. The van der Waals surface area contributed by atoms with Gasteiger partial charge in [0.2, 0.25) is 0 Å². The smallest absolute Gasteiger partial charge is 0.268 e. The normalized spacial score (nSPS) is 10.8. The van der Waals surface area contributed by atoms with E-state index in [1.54, 1.807) is 18.5 Å². The number of nitrogens with zero attached hydrogens (tertiary/aromatic N) is 2. The second-order valence-electron chi connectivity index (χ2n) is 6.65. The third-order valence-corrected chi connectivity index (χ3v) is 4.92. The lowest BCUT2D eigenvalue weighted by Gasteiger charge is -2.13. The Labute approximate surface area is 159 Å². The van der Waals surface area contributed by atoms with Gasteiger partial charge in [-0.1, -0.05) is 19.1 Å². The monoisotopic (exact) mass is 365 g/mol. The van der Waals surface area contributed by atoms with E-state index in [0.29, 0.717) is 18.8 Å². The van der Waals surface area contributed by atoms with Gasteiger partial charge in [-0.2, -0.15) is 0 Å². The van der Waals surface area contributed by atoms with Crippen molar-refractivity contribution < 1.29 is 9.18 Å². The minimum absolute atomic E-state index is 0.122. The molecule has 3 aromatic rings. The molecular weight excluding hydrogens is 341 g/mol. The Balaban J connectivity index is 1.92. The lowest BCUT2D eigenvalue weighted by molar-refractivity contribution is 0.0941. The van der Waals surface area contributed by atoms with Crippen LogP contribution in [0.5, 0.6) is 0 Å². The van der Waals surface area contributed by atoms with E-state index in [1.807, 2.05) is 36.6 Å². The van der Waals surface area contributed by atoms with Gasteiger partial charge >= 0.3 is 0 Å². The number of halogens is 1. The number of aromatic nitrogens is 2. The van der Waals surface area contributed by atoms with Gasteiger partial charge in [0.15, 0.2) is 0 Å². The van der Waals surface area contributed by atoms with Crippen LogP contribution in [0.15, 0.2) is 48.8 Å². The number of nitrogens with one attached hydrogen (secondary N) is 1. The van der Waals surface area contributed by atoms with Crippen LogP contribution in [0, 0.1) is 19.7 Å². The van der Waals surface area contributed by atoms with Gasteiger partial charge in [0.25, 0.3) is 5.91 Å². The Hall–Kier alpha value is -2.95. The van der Waals surface area contributed by atoms with Crippen molar-refractivity contribution in [1.82, 2.24) is 14.9 Å². The maximum absolute atomic E-state index is 13.6. The molecule has 0 spiro atoms.